The summed E-state index contributed by atoms with van der Waals surface area (Å²) in [6.07, 6.45) is 7.12. The normalized spacial score (nSPS) is 18.9. The molecule has 2 aromatic rings. The Kier molecular flexibility index (Phi) is 6.18. The molecule has 2 aliphatic rings. The smallest absolute Gasteiger partial charge is 0.238 e. The average molecular weight is 384 g/mol. The molecule has 4 heterocycles. The first-order valence-electron chi connectivity index (χ1n) is 10.1. The fraction of sp³-hybridized carbons (Fsp3) is 0.550. The third-order valence-corrected chi connectivity index (χ3v) is 5.42. The molecule has 2 fully saturated rings. The summed E-state index contributed by atoms with van der Waals surface area (Å²) in [5, 5.41) is 6.93. The molecule has 1 N–H and O–H groups in total. The van der Waals surface area contributed by atoms with Crippen molar-refractivity contribution >= 4 is 17.4 Å². The van der Waals surface area contributed by atoms with Gasteiger partial charge in [0.15, 0.2) is 0 Å². The molecule has 8 heteroatoms. The van der Waals surface area contributed by atoms with E-state index in [0.29, 0.717) is 6.54 Å². The van der Waals surface area contributed by atoms with Crippen LogP contribution in [0.15, 0.2) is 35.2 Å². The summed E-state index contributed by atoms with van der Waals surface area (Å²) in [5.74, 6) is 1.01. The largest absolute Gasteiger partial charge is 0.364 e. The molecule has 28 heavy (non-hydrogen) atoms. The van der Waals surface area contributed by atoms with Crippen LogP contribution in [0.3, 0.4) is 0 Å². The van der Waals surface area contributed by atoms with Crippen LogP contribution in [0.4, 0.5) is 11.5 Å². The molecule has 1 amide bonds. The molecule has 0 aliphatic carbocycles. The molecule has 2 aliphatic heterocycles. The van der Waals surface area contributed by atoms with Crippen LogP contribution in [0.5, 0.6) is 0 Å². The van der Waals surface area contributed by atoms with Gasteiger partial charge in [-0.05, 0) is 31.4 Å². The van der Waals surface area contributed by atoms with Crippen LogP contribution in [0, 0.1) is 0 Å². The molecule has 0 spiro atoms. The van der Waals surface area contributed by atoms with Gasteiger partial charge < -0.3 is 14.7 Å². The first kappa shape index (κ1) is 18.9. The van der Waals surface area contributed by atoms with Crippen LogP contribution in [-0.2, 0) is 11.3 Å². The SMILES string of the molecule is O=C(CN1CCN(Cc2ccon2)CC1)Nc1ccc(N2CCCCC2)nc1. The molecule has 0 radical (unpaired) electrons. The highest BCUT2D eigenvalue weighted by molar-refractivity contribution is 5.92. The van der Waals surface area contributed by atoms with Gasteiger partial charge in [0.05, 0.1) is 24.1 Å². The van der Waals surface area contributed by atoms with E-state index in [2.05, 4.69) is 30.2 Å². The maximum Gasteiger partial charge on any atom is 0.238 e. The van der Waals surface area contributed by atoms with Crippen LogP contribution in [0.1, 0.15) is 25.0 Å². The summed E-state index contributed by atoms with van der Waals surface area (Å²) >= 11 is 0. The van der Waals surface area contributed by atoms with Crippen molar-refractivity contribution in [2.45, 2.75) is 25.8 Å². The zero-order valence-electron chi connectivity index (χ0n) is 16.2. The highest BCUT2D eigenvalue weighted by Crippen LogP contribution is 2.19. The number of piperidine rings is 1. The molecular weight excluding hydrogens is 356 g/mol. The minimum absolute atomic E-state index is 0.0115. The number of pyridine rings is 1. The number of carbonyl (C=O) groups is 1. The van der Waals surface area contributed by atoms with Crippen molar-refractivity contribution in [2.24, 2.45) is 0 Å². The molecule has 2 aromatic heterocycles. The maximum absolute atomic E-state index is 12.4. The minimum atomic E-state index is 0.0115. The Bertz CT molecular complexity index is 735. The lowest BCUT2D eigenvalue weighted by Gasteiger charge is -2.33. The fourth-order valence-electron chi connectivity index (χ4n) is 3.83. The summed E-state index contributed by atoms with van der Waals surface area (Å²) in [7, 11) is 0. The van der Waals surface area contributed by atoms with Gasteiger partial charge in [0.1, 0.15) is 12.1 Å². The Morgan fingerprint density at radius 3 is 2.46 bits per heavy atom. The van der Waals surface area contributed by atoms with Crippen LogP contribution >= 0.6 is 0 Å². The zero-order valence-corrected chi connectivity index (χ0v) is 16.2. The predicted octanol–water partition coefficient (Wildman–Crippen LogP) is 1.82. The lowest BCUT2D eigenvalue weighted by Crippen LogP contribution is -2.48. The Morgan fingerprint density at radius 2 is 1.79 bits per heavy atom. The van der Waals surface area contributed by atoms with Gasteiger partial charge in [0.2, 0.25) is 5.91 Å². The number of hydrogen-bond acceptors (Lipinski definition) is 7. The second-order valence-electron chi connectivity index (χ2n) is 7.54. The zero-order chi connectivity index (χ0) is 19.2. The number of anilines is 2. The standard InChI is InChI=1S/C20H28N6O2/c27-20(16-25-11-9-24(10-12-25)15-18-6-13-28-23-18)22-17-4-5-19(21-14-17)26-7-2-1-3-8-26/h4-6,13-14H,1-3,7-12,15-16H2,(H,22,27). The van der Waals surface area contributed by atoms with E-state index < -0.39 is 0 Å². The molecule has 0 atom stereocenters. The van der Waals surface area contributed by atoms with Crippen molar-refractivity contribution < 1.29 is 9.32 Å². The van der Waals surface area contributed by atoms with Crippen molar-refractivity contribution in [3.8, 4) is 0 Å². The molecule has 0 saturated carbocycles. The minimum Gasteiger partial charge on any atom is -0.364 e. The number of hydrogen-bond donors (Lipinski definition) is 1. The van der Waals surface area contributed by atoms with E-state index in [1.54, 1.807) is 12.5 Å². The lowest BCUT2D eigenvalue weighted by molar-refractivity contribution is -0.117. The van der Waals surface area contributed by atoms with E-state index in [-0.39, 0.29) is 5.91 Å². The van der Waals surface area contributed by atoms with E-state index in [0.717, 1.165) is 63.0 Å². The van der Waals surface area contributed by atoms with Crippen molar-refractivity contribution in [2.75, 3.05) is 56.0 Å². The Hall–Kier alpha value is -2.45. The Morgan fingerprint density at radius 1 is 1.00 bits per heavy atom. The molecule has 0 unspecified atom stereocenters. The second-order valence-corrected chi connectivity index (χ2v) is 7.54. The molecule has 8 nitrogen and oxygen atoms in total. The monoisotopic (exact) mass is 384 g/mol. The van der Waals surface area contributed by atoms with Crippen LogP contribution in [0.2, 0.25) is 0 Å². The van der Waals surface area contributed by atoms with E-state index in [1.165, 1.54) is 19.3 Å². The highest BCUT2D eigenvalue weighted by atomic mass is 16.5. The summed E-state index contributed by atoms with van der Waals surface area (Å²) in [4.78, 5) is 23.7. The van der Waals surface area contributed by atoms with Crippen molar-refractivity contribution in [3.05, 3.63) is 36.4 Å². The van der Waals surface area contributed by atoms with E-state index in [4.69, 9.17) is 4.52 Å². The topological polar surface area (TPSA) is 77.7 Å². The van der Waals surface area contributed by atoms with Gasteiger partial charge in [-0.1, -0.05) is 5.16 Å². The van der Waals surface area contributed by atoms with E-state index in [9.17, 15) is 4.79 Å². The Labute approximate surface area is 165 Å². The van der Waals surface area contributed by atoms with E-state index in [1.807, 2.05) is 18.2 Å². The number of amides is 1. The van der Waals surface area contributed by atoms with Crippen LogP contribution in [-0.4, -0.2) is 71.7 Å². The number of nitrogens with one attached hydrogen (secondary N) is 1. The number of rotatable bonds is 6. The molecule has 0 aromatic carbocycles. The third-order valence-electron chi connectivity index (χ3n) is 5.42. The van der Waals surface area contributed by atoms with Crippen LogP contribution in [0.25, 0.3) is 0 Å². The van der Waals surface area contributed by atoms with E-state index >= 15 is 0 Å². The molecule has 4 rings (SSSR count). The van der Waals surface area contributed by atoms with Crippen molar-refractivity contribution in [3.63, 3.8) is 0 Å². The van der Waals surface area contributed by atoms with Gasteiger partial charge in [0.25, 0.3) is 0 Å². The fourth-order valence-corrected chi connectivity index (χ4v) is 3.83. The average Bonchev–Trinajstić information content (AvgIpc) is 3.24. The maximum atomic E-state index is 12.4. The van der Waals surface area contributed by atoms with Gasteiger partial charge in [-0.15, -0.1) is 0 Å². The molecular formula is C20H28N6O2. The second kappa shape index (κ2) is 9.16. The molecule has 0 bridgehead atoms. The van der Waals surface area contributed by atoms with Gasteiger partial charge in [-0.25, -0.2) is 4.98 Å². The predicted molar refractivity (Wildman–Crippen MR) is 107 cm³/mol. The number of carbonyl (C=O) groups excluding carboxylic acids is 1. The quantitative estimate of drug-likeness (QED) is 0.814. The summed E-state index contributed by atoms with van der Waals surface area (Å²) in [5.41, 5.74) is 1.71. The third kappa shape index (κ3) is 5.08. The number of piperazine rings is 1. The van der Waals surface area contributed by atoms with Gasteiger partial charge in [-0.2, -0.15) is 0 Å². The first-order chi connectivity index (χ1) is 13.8. The van der Waals surface area contributed by atoms with Crippen LogP contribution < -0.4 is 10.2 Å². The number of aromatic nitrogens is 2. The molecule has 2 saturated heterocycles. The summed E-state index contributed by atoms with van der Waals surface area (Å²) in [6, 6.07) is 5.85. The number of nitrogens with zero attached hydrogens (tertiary/aromatic N) is 5. The van der Waals surface area contributed by atoms with Gasteiger partial charge >= 0.3 is 0 Å². The lowest BCUT2D eigenvalue weighted by atomic mass is 10.1. The van der Waals surface area contributed by atoms with Gasteiger partial charge in [-0.3, -0.25) is 14.6 Å². The van der Waals surface area contributed by atoms with Crippen molar-refractivity contribution in [1.29, 1.82) is 0 Å². The highest BCUT2D eigenvalue weighted by Gasteiger charge is 2.20. The van der Waals surface area contributed by atoms with Crippen molar-refractivity contribution in [1.82, 2.24) is 19.9 Å². The van der Waals surface area contributed by atoms with Gasteiger partial charge in [0, 0.05) is 51.9 Å². The Balaban J connectivity index is 1.20. The molecule has 150 valence electrons. The first-order valence-corrected chi connectivity index (χ1v) is 10.1. The summed E-state index contributed by atoms with van der Waals surface area (Å²) < 4.78 is 4.88. The summed E-state index contributed by atoms with van der Waals surface area (Å²) in [6.45, 7) is 6.94.